The van der Waals surface area contributed by atoms with Crippen molar-refractivity contribution < 1.29 is 17.9 Å². The van der Waals surface area contributed by atoms with E-state index in [9.17, 15) is 13.2 Å². The number of pyridine rings is 1. The van der Waals surface area contributed by atoms with Crippen molar-refractivity contribution in [1.82, 2.24) is 14.8 Å². The van der Waals surface area contributed by atoms with Gasteiger partial charge in [0.2, 0.25) is 0 Å². The number of rotatable bonds is 5. The molecule has 0 aliphatic rings. The number of aryl methyl sites for hydroxylation is 1. The Balaban J connectivity index is 1.92. The third-order valence-corrected chi connectivity index (χ3v) is 4.85. The Morgan fingerprint density at radius 3 is 2.50 bits per heavy atom. The maximum Gasteiger partial charge on any atom is 0.356 e. The number of carbonyl (C=O) groups is 1. The second-order valence-electron chi connectivity index (χ2n) is 5.39. The van der Waals surface area contributed by atoms with Crippen LogP contribution in [0.5, 0.6) is 0 Å². The number of nitrogens with zero attached hydrogens (tertiary/aromatic N) is 3. The molecule has 1 aromatic carbocycles. The molecule has 0 unspecified atom stereocenters. The Labute approximate surface area is 150 Å². The van der Waals surface area contributed by atoms with Gasteiger partial charge in [0.05, 0.1) is 18.5 Å². The van der Waals surface area contributed by atoms with Crippen LogP contribution >= 0.6 is 0 Å². The van der Waals surface area contributed by atoms with Gasteiger partial charge in [0.15, 0.2) is 0 Å². The van der Waals surface area contributed by atoms with Gasteiger partial charge in [-0.1, -0.05) is 18.2 Å². The molecule has 1 N–H and O–H groups in total. The molecule has 0 atom stereocenters. The monoisotopic (exact) mass is 372 g/mol. The number of aromatic nitrogens is 3. The van der Waals surface area contributed by atoms with Crippen molar-refractivity contribution in [2.75, 3.05) is 11.8 Å². The summed E-state index contributed by atoms with van der Waals surface area (Å²) in [6.45, 7) is 1.77. The second-order valence-corrected chi connectivity index (χ2v) is 7.08. The molecule has 2 heterocycles. The van der Waals surface area contributed by atoms with Crippen LogP contribution in [0.15, 0.2) is 59.6 Å². The highest BCUT2D eigenvalue weighted by molar-refractivity contribution is 7.92. The minimum Gasteiger partial charge on any atom is -0.464 e. The number of para-hydroxylation sites is 1. The molecule has 8 nitrogen and oxygen atoms in total. The third kappa shape index (κ3) is 3.57. The molecule has 2 aromatic heterocycles. The summed E-state index contributed by atoms with van der Waals surface area (Å²) in [5.41, 5.74) is 1.40. The van der Waals surface area contributed by atoms with E-state index >= 15 is 0 Å². The van der Waals surface area contributed by atoms with Gasteiger partial charge < -0.3 is 4.74 Å². The minimum absolute atomic E-state index is 0.0246. The van der Waals surface area contributed by atoms with Crippen LogP contribution in [0.1, 0.15) is 16.2 Å². The van der Waals surface area contributed by atoms with Crippen LogP contribution < -0.4 is 4.72 Å². The van der Waals surface area contributed by atoms with E-state index in [1.54, 1.807) is 13.0 Å². The molecule has 3 rings (SSSR count). The normalized spacial score (nSPS) is 11.2. The second kappa shape index (κ2) is 6.96. The van der Waals surface area contributed by atoms with Crippen molar-refractivity contribution in [3.63, 3.8) is 0 Å². The number of hydrogen-bond acceptors (Lipinski definition) is 6. The lowest BCUT2D eigenvalue weighted by Gasteiger charge is -2.10. The van der Waals surface area contributed by atoms with Gasteiger partial charge in [0.1, 0.15) is 16.4 Å². The zero-order valence-corrected chi connectivity index (χ0v) is 14.9. The van der Waals surface area contributed by atoms with E-state index in [2.05, 4.69) is 19.5 Å². The van der Waals surface area contributed by atoms with Crippen LogP contribution in [0.25, 0.3) is 5.69 Å². The Morgan fingerprint density at radius 2 is 1.88 bits per heavy atom. The highest BCUT2D eigenvalue weighted by atomic mass is 32.2. The number of ether oxygens (including phenoxy) is 1. The van der Waals surface area contributed by atoms with Crippen molar-refractivity contribution >= 4 is 21.8 Å². The van der Waals surface area contributed by atoms with Gasteiger partial charge in [-0.05, 0) is 31.2 Å². The van der Waals surface area contributed by atoms with Crippen molar-refractivity contribution in [2.24, 2.45) is 0 Å². The summed E-state index contributed by atoms with van der Waals surface area (Å²) in [6, 6.07) is 13.4. The average molecular weight is 372 g/mol. The summed E-state index contributed by atoms with van der Waals surface area (Å²) >= 11 is 0. The lowest BCUT2D eigenvalue weighted by molar-refractivity contribution is 0.0594. The highest BCUT2D eigenvalue weighted by Gasteiger charge is 2.19. The zero-order valence-electron chi connectivity index (χ0n) is 14.1. The molecule has 0 radical (unpaired) electrons. The maximum absolute atomic E-state index is 12.6. The molecule has 3 aromatic rings. The largest absolute Gasteiger partial charge is 0.464 e. The first kappa shape index (κ1) is 17.6. The summed E-state index contributed by atoms with van der Waals surface area (Å²) in [7, 11) is -2.68. The van der Waals surface area contributed by atoms with Gasteiger partial charge in [-0.2, -0.15) is 5.10 Å². The van der Waals surface area contributed by atoms with Gasteiger partial charge in [-0.15, -0.1) is 0 Å². The van der Waals surface area contributed by atoms with E-state index in [4.69, 9.17) is 0 Å². The SMILES string of the molecule is COC(=O)c1ccc(S(=O)(=O)Nc2cc(C)nn2-c2ccccc2)cn1. The smallest absolute Gasteiger partial charge is 0.356 e. The van der Waals surface area contributed by atoms with E-state index in [0.717, 1.165) is 11.9 Å². The first-order chi connectivity index (χ1) is 12.4. The molecule has 0 saturated carbocycles. The topological polar surface area (TPSA) is 103 Å². The van der Waals surface area contributed by atoms with E-state index < -0.39 is 16.0 Å². The third-order valence-electron chi connectivity index (χ3n) is 3.51. The zero-order chi connectivity index (χ0) is 18.7. The van der Waals surface area contributed by atoms with Crippen LogP contribution in [0.2, 0.25) is 0 Å². The molecule has 0 saturated heterocycles. The lowest BCUT2D eigenvalue weighted by Crippen LogP contribution is -2.16. The lowest BCUT2D eigenvalue weighted by atomic mass is 10.3. The Kier molecular flexibility index (Phi) is 4.72. The fourth-order valence-corrected chi connectivity index (χ4v) is 3.28. The fourth-order valence-electron chi connectivity index (χ4n) is 2.30. The predicted octanol–water partition coefficient (Wildman–Crippen LogP) is 2.16. The Hall–Kier alpha value is -3.20. The molecule has 9 heteroatoms. The number of esters is 1. The van der Waals surface area contributed by atoms with Gasteiger partial charge in [0, 0.05) is 12.3 Å². The molecule has 0 amide bonds. The van der Waals surface area contributed by atoms with Crippen LogP contribution in [0.3, 0.4) is 0 Å². The number of methoxy groups -OCH3 is 1. The number of nitrogens with one attached hydrogen (secondary N) is 1. The quantitative estimate of drug-likeness (QED) is 0.689. The van der Waals surface area contributed by atoms with Crippen molar-refractivity contribution in [3.8, 4) is 5.69 Å². The van der Waals surface area contributed by atoms with Crippen molar-refractivity contribution in [3.05, 3.63) is 66.1 Å². The fraction of sp³-hybridized carbons (Fsp3) is 0.118. The Morgan fingerprint density at radius 1 is 1.15 bits per heavy atom. The van der Waals surface area contributed by atoms with Gasteiger partial charge in [0.25, 0.3) is 10.0 Å². The number of sulfonamides is 1. The molecule has 0 fully saturated rings. The molecular formula is C17H16N4O4S. The molecule has 0 spiro atoms. The highest BCUT2D eigenvalue weighted by Crippen LogP contribution is 2.20. The standard InChI is InChI=1S/C17H16N4O4S/c1-12-10-16(21(19-12)13-6-4-3-5-7-13)20-26(23,24)14-8-9-15(18-11-14)17(22)25-2/h3-11,20H,1-2H3. The number of anilines is 1. The van der Waals surface area contributed by atoms with E-state index in [0.29, 0.717) is 11.5 Å². The summed E-state index contributed by atoms with van der Waals surface area (Å²) in [5, 5.41) is 4.32. The predicted molar refractivity (Wildman–Crippen MR) is 94.7 cm³/mol. The van der Waals surface area contributed by atoms with Crippen LogP contribution in [-0.4, -0.2) is 36.3 Å². The van der Waals surface area contributed by atoms with Crippen LogP contribution in [0, 0.1) is 6.92 Å². The molecule has 0 aliphatic heterocycles. The van der Waals surface area contributed by atoms with Gasteiger partial charge in [-0.3, -0.25) is 4.72 Å². The molecule has 0 bridgehead atoms. The number of carbonyl (C=O) groups excluding carboxylic acids is 1. The summed E-state index contributed by atoms with van der Waals surface area (Å²) in [6.07, 6.45) is 1.10. The summed E-state index contributed by atoms with van der Waals surface area (Å²) in [4.78, 5) is 15.2. The number of hydrogen-bond donors (Lipinski definition) is 1. The van der Waals surface area contributed by atoms with Gasteiger partial charge in [-0.25, -0.2) is 22.9 Å². The van der Waals surface area contributed by atoms with Crippen molar-refractivity contribution in [2.45, 2.75) is 11.8 Å². The van der Waals surface area contributed by atoms with Gasteiger partial charge >= 0.3 is 5.97 Å². The van der Waals surface area contributed by atoms with E-state index in [1.807, 2.05) is 30.3 Å². The molecule has 134 valence electrons. The van der Waals surface area contributed by atoms with E-state index in [-0.39, 0.29) is 10.6 Å². The molecule has 0 aliphatic carbocycles. The first-order valence-corrected chi connectivity index (χ1v) is 9.08. The van der Waals surface area contributed by atoms with Crippen molar-refractivity contribution in [1.29, 1.82) is 0 Å². The molecular weight excluding hydrogens is 356 g/mol. The minimum atomic E-state index is -3.91. The number of benzene rings is 1. The Bertz CT molecular complexity index is 1030. The average Bonchev–Trinajstić information content (AvgIpc) is 3.01. The summed E-state index contributed by atoms with van der Waals surface area (Å²) in [5.74, 6) is -0.342. The van der Waals surface area contributed by atoms with E-state index in [1.165, 1.54) is 23.9 Å². The first-order valence-electron chi connectivity index (χ1n) is 7.60. The van der Waals surface area contributed by atoms with Crippen LogP contribution in [-0.2, 0) is 14.8 Å². The summed E-state index contributed by atoms with van der Waals surface area (Å²) < 4.78 is 33.8. The van der Waals surface area contributed by atoms with Crippen LogP contribution in [0.4, 0.5) is 5.82 Å². The maximum atomic E-state index is 12.6. The molecule has 26 heavy (non-hydrogen) atoms.